The maximum Gasteiger partial charge on any atom is 0.150 e. The molecule has 0 bridgehead atoms. The van der Waals surface area contributed by atoms with Crippen LogP contribution in [0.5, 0.6) is 0 Å². The highest BCUT2D eigenvalue weighted by atomic mass is 35.6. The van der Waals surface area contributed by atoms with Crippen LogP contribution in [-0.4, -0.2) is 19.1 Å². The van der Waals surface area contributed by atoms with Crippen molar-refractivity contribution in [2.45, 2.75) is 83.3 Å². The molecule has 0 spiro atoms. The van der Waals surface area contributed by atoms with Crippen molar-refractivity contribution in [1.82, 2.24) is 0 Å². The molecule has 17 heavy (non-hydrogen) atoms. The van der Waals surface area contributed by atoms with Gasteiger partial charge in [-0.2, -0.15) is 11.1 Å². The molecule has 1 N–H and O–H groups in total. The van der Waals surface area contributed by atoms with E-state index in [1.807, 2.05) is 0 Å². The van der Waals surface area contributed by atoms with E-state index in [1.165, 1.54) is 63.8 Å². The van der Waals surface area contributed by atoms with Crippen LogP contribution in [0.3, 0.4) is 0 Å². The summed E-state index contributed by atoms with van der Waals surface area (Å²) in [4.78, 5) is 0. The molecule has 0 saturated heterocycles. The summed E-state index contributed by atoms with van der Waals surface area (Å²) in [5.41, 5.74) is 0. The van der Waals surface area contributed by atoms with Crippen molar-refractivity contribution in [2.24, 2.45) is 0 Å². The zero-order chi connectivity index (χ0) is 13.0. The van der Waals surface area contributed by atoms with Crippen molar-refractivity contribution < 1.29 is 5.11 Å². The third kappa shape index (κ3) is 16.5. The number of rotatable bonds is 12. The molecule has 0 rings (SSSR count). The van der Waals surface area contributed by atoms with Crippen LogP contribution in [0.4, 0.5) is 0 Å². The second kappa shape index (κ2) is 11.6. The summed E-state index contributed by atoms with van der Waals surface area (Å²) in [5.74, 6) is 0. The Balaban J connectivity index is 2.99. The number of aliphatic hydroxyl groups is 1. The van der Waals surface area contributed by atoms with Gasteiger partial charge < -0.3 is 5.11 Å². The van der Waals surface area contributed by atoms with Gasteiger partial charge in [0.1, 0.15) is 7.38 Å². The van der Waals surface area contributed by atoms with Crippen LogP contribution in [0.25, 0.3) is 0 Å². The summed E-state index contributed by atoms with van der Waals surface area (Å²) >= 11 is 6.28. The van der Waals surface area contributed by atoms with Gasteiger partial charge in [-0.05, 0) is 12.5 Å². The fraction of sp³-hybridized carbons (Fsp3) is 1.00. The van der Waals surface area contributed by atoms with Gasteiger partial charge in [0, 0.05) is 6.61 Å². The molecular formula is C14H31ClOSi. The minimum atomic E-state index is -1.30. The average Bonchev–Trinajstić information content (AvgIpc) is 2.24. The Bertz CT molecular complexity index is 157. The molecule has 0 aromatic heterocycles. The Hall–Kier alpha value is 0.467. The van der Waals surface area contributed by atoms with E-state index in [2.05, 4.69) is 13.1 Å². The van der Waals surface area contributed by atoms with Crippen molar-refractivity contribution in [3.8, 4) is 0 Å². The largest absolute Gasteiger partial charge is 0.396 e. The Morgan fingerprint density at radius 1 is 0.706 bits per heavy atom. The standard InChI is InChI=1S/C14H31ClOSi/c1-17(2,15)14-12-10-8-6-4-3-5-7-9-11-13-16/h16H,3-14H2,1-2H3. The lowest BCUT2D eigenvalue weighted by Crippen LogP contribution is -2.14. The fourth-order valence-electron chi connectivity index (χ4n) is 2.07. The highest BCUT2D eigenvalue weighted by Gasteiger charge is 2.15. The number of unbranched alkanes of at least 4 members (excludes halogenated alkanes) is 9. The van der Waals surface area contributed by atoms with Gasteiger partial charge in [0.25, 0.3) is 0 Å². The molecule has 0 atom stereocenters. The maximum atomic E-state index is 8.64. The molecule has 0 radical (unpaired) electrons. The molecule has 0 aliphatic heterocycles. The second-order valence-electron chi connectivity index (χ2n) is 5.73. The Labute approximate surface area is 114 Å². The molecular weight excluding hydrogens is 248 g/mol. The fourth-order valence-corrected chi connectivity index (χ4v) is 3.56. The first kappa shape index (κ1) is 17.5. The average molecular weight is 279 g/mol. The van der Waals surface area contributed by atoms with E-state index in [0.717, 1.165) is 6.42 Å². The summed E-state index contributed by atoms with van der Waals surface area (Å²) in [6, 6.07) is 1.27. The summed E-state index contributed by atoms with van der Waals surface area (Å²) < 4.78 is 0. The molecule has 0 unspecified atom stereocenters. The van der Waals surface area contributed by atoms with E-state index in [4.69, 9.17) is 16.2 Å². The molecule has 0 aromatic rings. The predicted octanol–water partition coefficient (Wildman–Crippen LogP) is 5.32. The Morgan fingerprint density at radius 2 is 1.06 bits per heavy atom. The van der Waals surface area contributed by atoms with Crippen LogP contribution >= 0.6 is 11.1 Å². The maximum absolute atomic E-state index is 8.64. The van der Waals surface area contributed by atoms with Gasteiger partial charge in [0.05, 0.1) is 0 Å². The number of aliphatic hydroxyl groups excluding tert-OH is 1. The normalized spacial score (nSPS) is 12.0. The first-order chi connectivity index (χ1) is 8.06. The predicted molar refractivity (Wildman–Crippen MR) is 81.4 cm³/mol. The second-order valence-corrected chi connectivity index (χ2v) is 12.7. The van der Waals surface area contributed by atoms with Crippen molar-refractivity contribution >= 4 is 18.5 Å². The van der Waals surface area contributed by atoms with Crippen molar-refractivity contribution in [1.29, 1.82) is 0 Å². The molecule has 0 fully saturated rings. The smallest absolute Gasteiger partial charge is 0.150 e. The first-order valence-electron chi connectivity index (χ1n) is 7.36. The summed E-state index contributed by atoms with van der Waals surface area (Å²) in [7, 11) is -1.30. The van der Waals surface area contributed by atoms with E-state index < -0.39 is 7.38 Å². The highest BCUT2D eigenvalue weighted by molar-refractivity contribution is 7.19. The van der Waals surface area contributed by atoms with E-state index >= 15 is 0 Å². The molecule has 104 valence electrons. The molecule has 0 saturated carbocycles. The van der Waals surface area contributed by atoms with Crippen molar-refractivity contribution in [3.05, 3.63) is 0 Å². The molecule has 0 amide bonds. The van der Waals surface area contributed by atoms with E-state index in [-0.39, 0.29) is 0 Å². The monoisotopic (exact) mass is 278 g/mol. The van der Waals surface area contributed by atoms with Crippen LogP contribution in [-0.2, 0) is 0 Å². The number of halogens is 1. The first-order valence-corrected chi connectivity index (χ1v) is 11.6. The van der Waals surface area contributed by atoms with Crippen LogP contribution in [0.15, 0.2) is 0 Å². The topological polar surface area (TPSA) is 20.2 Å². The van der Waals surface area contributed by atoms with Crippen molar-refractivity contribution in [3.63, 3.8) is 0 Å². The van der Waals surface area contributed by atoms with Gasteiger partial charge in [-0.1, -0.05) is 70.9 Å². The lowest BCUT2D eigenvalue weighted by molar-refractivity contribution is 0.282. The lowest BCUT2D eigenvalue weighted by Gasteiger charge is -2.11. The van der Waals surface area contributed by atoms with Gasteiger partial charge in [-0.25, -0.2) is 0 Å². The molecule has 3 heteroatoms. The molecule has 0 heterocycles. The lowest BCUT2D eigenvalue weighted by atomic mass is 10.1. The summed E-state index contributed by atoms with van der Waals surface area (Å²) in [6.07, 6.45) is 13.1. The summed E-state index contributed by atoms with van der Waals surface area (Å²) in [5, 5.41) is 8.64. The van der Waals surface area contributed by atoms with Crippen LogP contribution in [0.1, 0.15) is 64.2 Å². The zero-order valence-corrected chi connectivity index (χ0v) is 13.6. The van der Waals surface area contributed by atoms with E-state index in [0.29, 0.717) is 6.61 Å². The zero-order valence-electron chi connectivity index (χ0n) is 11.8. The van der Waals surface area contributed by atoms with Gasteiger partial charge in [0.15, 0.2) is 0 Å². The minimum absolute atomic E-state index is 0.361. The van der Waals surface area contributed by atoms with Gasteiger partial charge in [-0.15, -0.1) is 0 Å². The molecule has 1 nitrogen and oxygen atoms in total. The Morgan fingerprint density at radius 3 is 1.41 bits per heavy atom. The molecule has 0 aliphatic rings. The van der Waals surface area contributed by atoms with E-state index in [1.54, 1.807) is 0 Å². The quantitative estimate of drug-likeness (QED) is 0.291. The number of hydrogen-bond acceptors (Lipinski definition) is 1. The third-order valence-electron chi connectivity index (χ3n) is 3.18. The van der Waals surface area contributed by atoms with E-state index in [9.17, 15) is 0 Å². The third-order valence-corrected chi connectivity index (χ3v) is 5.29. The van der Waals surface area contributed by atoms with Crippen molar-refractivity contribution in [2.75, 3.05) is 6.61 Å². The summed E-state index contributed by atoms with van der Waals surface area (Å²) in [6.45, 7) is 4.84. The SMILES string of the molecule is C[Si](C)(Cl)CCCCCCCCCCCCO. The number of hydrogen-bond donors (Lipinski definition) is 1. The van der Waals surface area contributed by atoms with Gasteiger partial charge in [-0.3, -0.25) is 0 Å². The minimum Gasteiger partial charge on any atom is -0.396 e. The molecule has 0 aliphatic carbocycles. The molecule has 0 aromatic carbocycles. The van der Waals surface area contributed by atoms with Gasteiger partial charge in [0.2, 0.25) is 0 Å². The van der Waals surface area contributed by atoms with Crippen LogP contribution in [0.2, 0.25) is 19.1 Å². The van der Waals surface area contributed by atoms with Crippen LogP contribution in [0, 0.1) is 0 Å². The van der Waals surface area contributed by atoms with Crippen LogP contribution < -0.4 is 0 Å². The van der Waals surface area contributed by atoms with Gasteiger partial charge >= 0.3 is 0 Å². The highest BCUT2D eigenvalue weighted by Crippen LogP contribution is 2.19. The Kier molecular flexibility index (Phi) is 11.9.